The molecule has 2 aromatic carbocycles. The zero-order chi connectivity index (χ0) is 29.6. The van der Waals surface area contributed by atoms with Gasteiger partial charge in [0, 0.05) is 30.0 Å². The number of thioether (sulfide) groups is 1. The predicted molar refractivity (Wildman–Crippen MR) is 168 cm³/mol. The molecule has 2 saturated heterocycles. The van der Waals surface area contributed by atoms with Gasteiger partial charge in [0.1, 0.15) is 12.3 Å². The lowest BCUT2D eigenvalue weighted by atomic mass is 9.48. The summed E-state index contributed by atoms with van der Waals surface area (Å²) in [6.07, 6.45) is 9.65. The van der Waals surface area contributed by atoms with Crippen LogP contribution in [-0.4, -0.2) is 61.4 Å². The van der Waals surface area contributed by atoms with Gasteiger partial charge in [0.15, 0.2) is 0 Å². The Labute approximate surface area is 257 Å². The Morgan fingerprint density at radius 3 is 2.35 bits per heavy atom. The molecular weight excluding hydrogens is 562 g/mol. The number of carbonyl (C=O) groups excluding carboxylic acids is 3. The van der Waals surface area contributed by atoms with Crippen LogP contribution >= 0.6 is 11.8 Å². The van der Waals surface area contributed by atoms with Crippen molar-refractivity contribution < 1.29 is 23.9 Å². The molecule has 2 heterocycles. The van der Waals surface area contributed by atoms with Gasteiger partial charge in [-0.1, -0.05) is 6.07 Å². The number of amides is 3. The summed E-state index contributed by atoms with van der Waals surface area (Å²) in [5, 5.41) is 2.38. The Morgan fingerprint density at radius 1 is 1.02 bits per heavy atom. The zero-order valence-corrected chi connectivity index (χ0v) is 25.5. The highest BCUT2D eigenvalue weighted by Gasteiger charge is 2.51. The molecular formula is C34H39N3O5S. The van der Waals surface area contributed by atoms with E-state index in [0.29, 0.717) is 36.2 Å². The van der Waals surface area contributed by atoms with Gasteiger partial charge in [-0.05, 0) is 128 Å². The second-order valence-corrected chi connectivity index (χ2v) is 13.8. The first-order valence-corrected chi connectivity index (χ1v) is 16.5. The van der Waals surface area contributed by atoms with Crippen molar-refractivity contribution in [3.63, 3.8) is 0 Å². The summed E-state index contributed by atoms with van der Waals surface area (Å²) >= 11 is 0.882. The van der Waals surface area contributed by atoms with E-state index in [9.17, 15) is 14.4 Å². The largest absolute Gasteiger partial charge is 0.493 e. The van der Waals surface area contributed by atoms with Crippen molar-refractivity contribution >= 4 is 46.3 Å². The SMILES string of the molecule is CCOc1ccc(C23CC4CC(CC(C4)C2)C3)cc1/C=C1/SC(=O)N(CC(=O)Nc2ccc(N3CCOCC3)cc2)C1=O. The van der Waals surface area contributed by atoms with Crippen molar-refractivity contribution in [1.82, 2.24) is 4.90 Å². The molecule has 0 radical (unpaired) electrons. The summed E-state index contributed by atoms with van der Waals surface area (Å²) in [5.41, 5.74) is 4.05. The molecule has 43 heavy (non-hydrogen) atoms. The van der Waals surface area contributed by atoms with Crippen molar-refractivity contribution in [2.24, 2.45) is 17.8 Å². The topological polar surface area (TPSA) is 88.2 Å². The van der Waals surface area contributed by atoms with Gasteiger partial charge in [0.2, 0.25) is 5.91 Å². The van der Waals surface area contributed by atoms with Crippen LogP contribution in [0.25, 0.3) is 6.08 Å². The predicted octanol–water partition coefficient (Wildman–Crippen LogP) is 6.06. The fraction of sp³-hybridized carbons (Fsp3) is 0.500. The third-order valence-corrected chi connectivity index (χ3v) is 10.9. The van der Waals surface area contributed by atoms with Crippen molar-refractivity contribution in [3.05, 3.63) is 58.5 Å². The lowest BCUT2D eigenvalue weighted by molar-refractivity contribution is -0.127. The molecule has 226 valence electrons. The molecule has 0 unspecified atom stereocenters. The van der Waals surface area contributed by atoms with Gasteiger partial charge >= 0.3 is 0 Å². The highest BCUT2D eigenvalue weighted by atomic mass is 32.2. The molecule has 3 amide bonds. The van der Waals surface area contributed by atoms with Gasteiger partial charge in [-0.2, -0.15) is 0 Å². The number of carbonyl (C=O) groups is 3. The van der Waals surface area contributed by atoms with E-state index in [1.807, 2.05) is 37.3 Å². The molecule has 8 rings (SSSR count). The van der Waals surface area contributed by atoms with Crippen molar-refractivity contribution in [2.75, 3.05) is 49.7 Å². The van der Waals surface area contributed by atoms with E-state index >= 15 is 0 Å². The van der Waals surface area contributed by atoms with Crippen LogP contribution in [0.4, 0.5) is 16.2 Å². The van der Waals surface area contributed by atoms with E-state index in [1.165, 1.54) is 44.1 Å². The smallest absolute Gasteiger partial charge is 0.294 e. The number of hydrogen-bond donors (Lipinski definition) is 1. The third kappa shape index (κ3) is 5.69. The van der Waals surface area contributed by atoms with Gasteiger partial charge in [-0.3, -0.25) is 19.3 Å². The molecule has 6 aliphatic rings. The fourth-order valence-electron chi connectivity index (χ4n) is 8.44. The molecule has 4 aliphatic carbocycles. The molecule has 2 aromatic rings. The van der Waals surface area contributed by atoms with Crippen molar-refractivity contribution in [1.29, 1.82) is 0 Å². The molecule has 6 fully saturated rings. The van der Waals surface area contributed by atoms with Crippen LogP contribution in [0.5, 0.6) is 5.75 Å². The summed E-state index contributed by atoms with van der Waals surface area (Å²) < 4.78 is 11.4. The highest BCUT2D eigenvalue weighted by Crippen LogP contribution is 2.61. The maximum Gasteiger partial charge on any atom is 0.294 e. The molecule has 4 bridgehead atoms. The maximum absolute atomic E-state index is 13.4. The van der Waals surface area contributed by atoms with E-state index in [-0.39, 0.29) is 12.0 Å². The first kappa shape index (κ1) is 28.5. The van der Waals surface area contributed by atoms with E-state index in [0.717, 1.165) is 58.8 Å². The summed E-state index contributed by atoms with van der Waals surface area (Å²) in [6.45, 7) is 5.18. The second-order valence-electron chi connectivity index (χ2n) is 12.8. The van der Waals surface area contributed by atoms with Crippen molar-refractivity contribution in [3.8, 4) is 5.75 Å². The summed E-state index contributed by atoms with van der Waals surface area (Å²) in [5.74, 6) is 2.32. The van der Waals surface area contributed by atoms with E-state index < -0.39 is 17.1 Å². The molecule has 8 nitrogen and oxygen atoms in total. The van der Waals surface area contributed by atoms with E-state index in [2.05, 4.69) is 22.3 Å². The lowest BCUT2D eigenvalue weighted by Crippen LogP contribution is -2.48. The van der Waals surface area contributed by atoms with Crippen LogP contribution < -0.4 is 15.0 Å². The normalized spacial score (nSPS) is 29.0. The number of nitrogens with zero attached hydrogens (tertiary/aromatic N) is 2. The Morgan fingerprint density at radius 2 is 1.70 bits per heavy atom. The minimum Gasteiger partial charge on any atom is -0.493 e. The van der Waals surface area contributed by atoms with Crippen molar-refractivity contribution in [2.45, 2.75) is 50.9 Å². The molecule has 0 aromatic heterocycles. The zero-order valence-electron chi connectivity index (χ0n) is 24.7. The van der Waals surface area contributed by atoms with Crippen LogP contribution in [0.15, 0.2) is 47.4 Å². The van der Waals surface area contributed by atoms with Gasteiger partial charge in [-0.25, -0.2) is 0 Å². The highest BCUT2D eigenvalue weighted by molar-refractivity contribution is 8.18. The Hall–Kier alpha value is -3.30. The standard InChI is InChI=1S/C34H39N3O5S/c1-2-42-29-8-3-26(34-18-22-13-23(19-34)15-24(14-22)20-34)16-25(29)17-30-32(39)37(33(40)43-30)21-31(38)35-27-4-6-28(7-5-27)36-9-11-41-12-10-36/h3-8,16-17,22-24H,2,9-15,18-21H2,1H3,(H,35,38)/b30-17+. The van der Waals surface area contributed by atoms with Crippen LogP contribution in [0.2, 0.25) is 0 Å². The number of benzene rings is 2. The van der Waals surface area contributed by atoms with Gasteiger partial charge in [-0.15, -0.1) is 0 Å². The molecule has 4 saturated carbocycles. The second kappa shape index (κ2) is 11.7. The average Bonchev–Trinajstić information content (AvgIpc) is 3.25. The Bertz CT molecular complexity index is 1410. The summed E-state index contributed by atoms with van der Waals surface area (Å²) in [6, 6.07) is 14.0. The van der Waals surface area contributed by atoms with Gasteiger partial charge < -0.3 is 19.7 Å². The van der Waals surface area contributed by atoms with E-state index in [4.69, 9.17) is 9.47 Å². The van der Waals surface area contributed by atoms with Crippen LogP contribution in [0.3, 0.4) is 0 Å². The molecule has 1 N–H and O–H groups in total. The summed E-state index contributed by atoms with van der Waals surface area (Å²) in [4.78, 5) is 42.7. The number of rotatable bonds is 8. The van der Waals surface area contributed by atoms with Crippen LogP contribution in [0.1, 0.15) is 56.6 Å². The van der Waals surface area contributed by atoms with Crippen LogP contribution in [-0.2, 0) is 19.7 Å². The molecule has 0 atom stereocenters. The minimum absolute atomic E-state index is 0.208. The maximum atomic E-state index is 13.4. The number of ether oxygens (including phenoxy) is 2. The fourth-order valence-corrected chi connectivity index (χ4v) is 9.27. The first-order valence-electron chi connectivity index (χ1n) is 15.6. The Balaban J connectivity index is 1.05. The number of nitrogens with one attached hydrogen (secondary N) is 1. The van der Waals surface area contributed by atoms with Gasteiger partial charge in [0.25, 0.3) is 11.1 Å². The lowest BCUT2D eigenvalue weighted by Gasteiger charge is -2.57. The first-order chi connectivity index (χ1) is 20.9. The molecule has 9 heteroatoms. The molecule has 2 aliphatic heterocycles. The quantitative estimate of drug-likeness (QED) is 0.368. The van der Waals surface area contributed by atoms with E-state index in [1.54, 1.807) is 6.08 Å². The Kier molecular flexibility index (Phi) is 7.72. The monoisotopic (exact) mass is 601 g/mol. The number of hydrogen-bond acceptors (Lipinski definition) is 7. The summed E-state index contributed by atoms with van der Waals surface area (Å²) in [7, 11) is 0. The number of imide groups is 1. The number of morpholine rings is 1. The van der Waals surface area contributed by atoms with Gasteiger partial charge in [0.05, 0.1) is 24.7 Å². The average molecular weight is 602 g/mol. The minimum atomic E-state index is -0.449. The van der Waals surface area contributed by atoms with Crippen LogP contribution in [0, 0.1) is 17.8 Å². The third-order valence-electron chi connectivity index (χ3n) is 9.95. The number of anilines is 2. The molecule has 0 spiro atoms.